The summed E-state index contributed by atoms with van der Waals surface area (Å²) in [4.78, 5) is 11.9. The number of ketones is 1. The van der Waals surface area contributed by atoms with Crippen LogP contribution in [0.15, 0.2) is 30.3 Å². The molecule has 1 heteroatoms. The lowest BCUT2D eigenvalue weighted by Crippen LogP contribution is -2.10. The van der Waals surface area contributed by atoms with E-state index < -0.39 is 0 Å². The fourth-order valence-electron chi connectivity index (χ4n) is 1.72. The monoisotopic (exact) mass is 204 g/mol. The van der Waals surface area contributed by atoms with E-state index in [2.05, 4.69) is 6.92 Å². The summed E-state index contributed by atoms with van der Waals surface area (Å²) < 4.78 is 0. The van der Waals surface area contributed by atoms with Crippen LogP contribution in [0.1, 0.15) is 49.9 Å². The summed E-state index contributed by atoms with van der Waals surface area (Å²) in [5.74, 6) is 0.450. The van der Waals surface area contributed by atoms with Crippen molar-refractivity contribution in [2.24, 2.45) is 5.92 Å². The van der Waals surface area contributed by atoms with Crippen LogP contribution in [0.5, 0.6) is 0 Å². The fraction of sp³-hybridized carbons (Fsp3) is 0.500. The van der Waals surface area contributed by atoms with Crippen LogP contribution in [0, 0.1) is 5.92 Å². The minimum Gasteiger partial charge on any atom is -0.294 e. The average Bonchev–Trinajstić information content (AvgIpc) is 2.29. The van der Waals surface area contributed by atoms with Gasteiger partial charge < -0.3 is 0 Å². The number of hydrogen-bond acceptors (Lipinski definition) is 1. The Bertz CT molecular complexity index is 289. The summed E-state index contributed by atoms with van der Waals surface area (Å²) >= 11 is 0. The van der Waals surface area contributed by atoms with E-state index in [-0.39, 0.29) is 11.7 Å². The maximum atomic E-state index is 11.9. The molecule has 0 bridgehead atoms. The largest absolute Gasteiger partial charge is 0.294 e. The summed E-state index contributed by atoms with van der Waals surface area (Å²) in [6, 6.07) is 9.59. The lowest BCUT2D eigenvalue weighted by molar-refractivity contribution is 0.0922. The number of carbonyl (C=O) groups is 1. The summed E-state index contributed by atoms with van der Waals surface area (Å²) in [6.45, 7) is 4.22. The number of benzene rings is 1. The Morgan fingerprint density at radius 3 is 2.47 bits per heavy atom. The van der Waals surface area contributed by atoms with Crippen molar-refractivity contribution in [3.63, 3.8) is 0 Å². The average molecular weight is 204 g/mol. The molecular formula is C14H20O. The van der Waals surface area contributed by atoms with E-state index in [1.807, 2.05) is 37.3 Å². The molecule has 0 saturated carbocycles. The Morgan fingerprint density at radius 1 is 1.20 bits per heavy atom. The third-order valence-corrected chi connectivity index (χ3v) is 2.75. The van der Waals surface area contributed by atoms with Gasteiger partial charge in [0, 0.05) is 11.5 Å². The molecule has 0 fully saturated rings. The van der Waals surface area contributed by atoms with Crippen LogP contribution < -0.4 is 0 Å². The standard InChI is InChI=1S/C14H20O/c1-3-4-6-9-12(2)14(15)13-10-7-5-8-11-13/h5,7-8,10-12H,3-4,6,9H2,1-2H3. The molecular weight excluding hydrogens is 184 g/mol. The van der Waals surface area contributed by atoms with E-state index in [0.717, 1.165) is 18.4 Å². The Morgan fingerprint density at radius 2 is 1.87 bits per heavy atom. The molecule has 0 spiro atoms. The number of rotatable bonds is 6. The number of Topliss-reactive ketones (excluding diaryl/α,β-unsaturated/α-hetero) is 1. The molecule has 1 aromatic carbocycles. The maximum absolute atomic E-state index is 11.9. The van der Waals surface area contributed by atoms with Gasteiger partial charge in [0.05, 0.1) is 0 Å². The van der Waals surface area contributed by atoms with Gasteiger partial charge in [-0.15, -0.1) is 0 Å². The third-order valence-electron chi connectivity index (χ3n) is 2.75. The highest BCUT2D eigenvalue weighted by Gasteiger charge is 2.13. The fourth-order valence-corrected chi connectivity index (χ4v) is 1.72. The van der Waals surface area contributed by atoms with E-state index in [9.17, 15) is 4.79 Å². The zero-order valence-electron chi connectivity index (χ0n) is 9.70. The molecule has 0 amide bonds. The Hall–Kier alpha value is -1.11. The molecule has 1 rings (SSSR count). The smallest absolute Gasteiger partial charge is 0.165 e. The maximum Gasteiger partial charge on any atom is 0.165 e. The van der Waals surface area contributed by atoms with Gasteiger partial charge in [0.1, 0.15) is 0 Å². The molecule has 0 radical (unpaired) electrons. The zero-order chi connectivity index (χ0) is 11.1. The topological polar surface area (TPSA) is 17.1 Å². The number of carbonyl (C=O) groups excluding carboxylic acids is 1. The predicted octanol–water partition coefficient (Wildman–Crippen LogP) is 4.09. The lowest BCUT2D eigenvalue weighted by Gasteiger charge is -2.09. The molecule has 1 aromatic rings. The Kier molecular flexibility index (Phi) is 5.09. The molecule has 1 atom stereocenters. The van der Waals surface area contributed by atoms with Crippen LogP contribution in [0.3, 0.4) is 0 Å². The number of unbranched alkanes of at least 4 members (excludes halogenated alkanes) is 2. The molecule has 0 aromatic heterocycles. The number of hydrogen-bond donors (Lipinski definition) is 0. The molecule has 0 saturated heterocycles. The van der Waals surface area contributed by atoms with Crippen LogP contribution in [0.2, 0.25) is 0 Å². The first kappa shape index (κ1) is 12.0. The second kappa shape index (κ2) is 6.39. The van der Waals surface area contributed by atoms with Crippen LogP contribution in [0.25, 0.3) is 0 Å². The first-order valence-corrected chi connectivity index (χ1v) is 5.85. The molecule has 15 heavy (non-hydrogen) atoms. The van der Waals surface area contributed by atoms with E-state index in [1.54, 1.807) is 0 Å². The van der Waals surface area contributed by atoms with Crippen LogP contribution >= 0.6 is 0 Å². The van der Waals surface area contributed by atoms with Crippen molar-refractivity contribution in [2.75, 3.05) is 0 Å². The van der Waals surface area contributed by atoms with Gasteiger partial charge in [-0.2, -0.15) is 0 Å². The van der Waals surface area contributed by atoms with Gasteiger partial charge in [-0.05, 0) is 6.42 Å². The highest BCUT2D eigenvalue weighted by atomic mass is 16.1. The van der Waals surface area contributed by atoms with Gasteiger partial charge in [0.25, 0.3) is 0 Å². The van der Waals surface area contributed by atoms with Gasteiger partial charge in [-0.3, -0.25) is 4.79 Å². The second-order valence-corrected chi connectivity index (χ2v) is 4.13. The van der Waals surface area contributed by atoms with E-state index in [0.29, 0.717) is 0 Å². The molecule has 82 valence electrons. The summed E-state index contributed by atoms with van der Waals surface area (Å²) in [5.41, 5.74) is 0.849. The lowest BCUT2D eigenvalue weighted by atomic mass is 9.94. The molecule has 0 aliphatic rings. The van der Waals surface area contributed by atoms with Crippen molar-refractivity contribution in [1.29, 1.82) is 0 Å². The minimum atomic E-state index is 0.166. The van der Waals surface area contributed by atoms with E-state index in [1.165, 1.54) is 12.8 Å². The third kappa shape index (κ3) is 3.86. The van der Waals surface area contributed by atoms with Crippen LogP contribution in [-0.2, 0) is 0 Å². The van der Waals surface area contributed by atoms with Crippen molar-refractivity contribution in [1.82, 2.24) is 0 Å². The van der Waals surface area contributed by atoms with Crippen molar-refractivity contribution in [2.45, 2.75) is 39.5 Å². The molecule has 0 aliphatic carbocycles. The first-order chi connectivity index (χ1) is 7.25. The molecule has 0 aliphatic heterocycles. The van der Waals surface area contributed by atoms with Gasteiger partial charge in [0.15, 0.2) is 5.78 Å². The highest BCUT2D eigenvalue weighted by molar-refractivity contribution is 5.97. The van der Waals surface area contributed by atoms with Gasteiger partial charge in [-0.1, -0.05) is 63.4 Å². The molecule has 0 heterocycles. The minimum absolute atomic E-state index is 0.166. The highest BCUT2D eigenvalue weighted by Crippen LogP contribution is 2.15. The Balaban J connectivity index is 2.46. The molecule has 0 N–H and O–H groups in total. The van der Waals surface area contributed by atoms with Gasteiger partial charge in [-0.25, -0.2) is 0 Å². The van der Waals surface area contributed by atoms with Gasteiger partial charge in [0.2, 0.25) is 0 Å². The second-order valence-electron chi connectivity index (χ2n) is 4.13. The van der Waals surface area contributed by atoms with E-state index in [4.69, 9.17) is 0 Å². The van der Waals surface area contributed by atoms with Crippen molar-refractivity contribution < 1.29 is 4.79 Å². The summed E-state index contributed by atoms with van der Waals surface area (Å²) in [7, 11) is 0. The SMILES string of the molecule is CCCCCC(C)C(=O)c1ccccc1. The van der Waals surface area contributed by atoms with Gasteiger partial charge >= 0.3 is 0 Å². The van der Waals surface area contributed by atoms with E-state index >= 15 is 0 Å². The van der Waals surface area contributed by atoms with Crippen molar-refractivity contribution in [3.05, 3.63) is 35.9 Å². The quantitative estimate of drug-likeness (QED) is 0.504. The zero-order valence-corrected chi connectivity index (χ0v) is 9.70. The summed E-state index contributed by atoms with van der Waals surface area (Å²) in [5, 5.41) is 0. The van der Waals surface area contributed by atoms with Crippen LogP contribution in [-0.4, -0.2) is 5.78 Å². The predicted molar refractivity (Wildman–Crippen MR) is 64.1 cm³/mol. The van der Waals surface area contributed by atoms with Crippen LogP contribution in [0.4, 0.5) is 0 Å². The molecule has 1 unspecified atom stereocenters. The first-order valence-electron chi connectivity index (χ1n) is 5.85. The normalized spacial score (nSPS) is 12.4. The molecule has 1 nitrogen and oxygen atoms in total. The Labute approximate surface area is 92.5 Å². The summed E-state index contributed by atoms with van der Waals surface area (Å²) in [6.07, 6.45) is 4.62. The van der Waals surface area contributed by atoms with Crippen molar-refractivity contribution >= 4 is 5.78 Å². The van der Waals surface area contributed by atoms with Crippen molar-refractivity contribution in [3.8, 4) is 0 Å².